The summed E-state index contributed by atoms with van der Waals surface area (Å²) in [5, 5.41) is 12.6. The normalized spacial score (nSPS) is 51.6. The molecular formula is C24H38O3. The standard InChI is InChI=1S/C24H38O3/c1-15(2)18(25)27-24(14-17-10-12-22(24,8)20(17,5)6)23(26)13-16-9-11-21(23,7)19(16,3)4/h16-17,26H,1,9-14H2,2-8H3/t16-,17?,21-,22?,23-,24?/m1/s1. The number of carbonyl (C=O) groups is 1. The van der Waals surface area contributed by atoms with Gasteiger partial charge in [-0.3, -0.25) is 0 Å². The van der Waals surface area contributed by atoms with E-state index in [4.69, 9.17) is 4.74 Å². The Balaban J connectivity index is 1.92. The number of hydrogen-bond acceptors (Lipinski definition) is 3. The van der Waals surface area contributed by atoms with Gasteiger partial charge in [-0.25, -0.2) is 4.79 Å². The van der Waals surface area contributed by atoms with Gasteiger partial charge in [0.25, 0.3) is 0 Å². The Hall–Kier alpha value is -0.830. The smallest absolute Gasteiger partial charge is 0.333 e. The molecule has 4 aliphatic rings. The van der Waals surface area contributed by atoms with Crippen LogP contribution in [0.25, 0.3) is 0 Å². The summed E-state index contributed by atoms with van der Waals surface area (Å²) in [5.74, 6) is 0.631. The van der Waals surface area contributed by atoms with E-state index >= 15 is 0 Å². The summed E-state index contributed by atoms with van der Waals surface area (Å²) in [5.41, 5.74) is -1.78. The minimum atomic E-state index is -0.987. The lowest BCUT2D eigenvalue weighted by atomic mass is 9.50. The minimum absolute atomic E-state index is 0.0421. The molecule has 0 aromatic carbocycles. The fourth-order valence-electron chi connectivity index (χ4n) is 8.24. The SMILES string of the molecule is C=C(C)C(=O)OC1([C@@]2(O)C[C@H]3CC[C@]2(C)C3(C)C)CC2CCC1(C)C2(C)C. The van der Waals surface area contributed by atoms with Crippen LogP contribution >= 0.6 is 0 Å². The Morgan fingerprint density at radius 3 is 1.74 bits per heavy atom. The van der Waals surface area contributed by atoms with Gasteiger partial charge >= 0.3 is 5.97 Å². The Bertz CT molecular complexity index is 721. The van der Waals surface area contributed by atoms with Crippen LogP contribution in [0.1, 0.15) is 87.0 Å². The second-order valence-corrected chi connectivity index (χ2v) is 11.8. The van der Waals surface area contributed by atoms with Crippen molar-refractivity contribution < 1.29 is 14.6 Å². The first-order chi connectivity index (χ1) is 12.2. The number of carbonyl (C=O) groups excluding carboxylic acids is 1. The summed E-state index contributed by atoms with van der Waals surface area (Å²) in [6.07, 6.45) is 5.88. The molecule has 3 heteroatoms. The molecule has 4 rings (SSSR count). The number of ether oxygens (including phenoxy) is 1. The van der Waals surface area contributed by atoms with E-state index in [2.05, 4.69) is 48.1 Å². The minimum Gasteiger partial charge on any atom is -0.452 e. The first-order valence-corrected chi connectivity index (χ1v) is 10.8. The third-order valence-electron chi connectivity index (χ3n) is 11.0. The molecule has 0 radical (unpaired) electrons. The first-order valence-electron chi connectivity index (χ1n) is 10.8. The zero-order valence-electron chi connectivity index (χ0n) is 18.4. The van der Waals surface area contributed by atoms with E-state index in [9.17, 15) is 9.90 Å². The summed E-state index contributed by atoms with van der Waals surface area (Å²) in [7, 11) is 0. The second-order valence-electron chi connectivity index (χ2n) is 11.8. The highest BCUT2D eigenvalue weighted by atomic mass is 16.6. The van der Waals surface area contributed by atoms with Crippen LogP contribution in [0.3, 0.4) is 0 Å². The lowest BCUT2D eigenvalue weighted by Crippen LogP contribution is -2.70. The molecule has 0 saturated heterocycles. The van der Waals surface area contributed by atoms with E-state index in [1.165, 1.54) is 6.42 Å². The molecule has 152 valence electrons. The van der Waals surface area contributed by atoms with E-state index in [1.54, 1.807) is 6.92 Å². The number of fused-ring (bicyclic) bond motifs is 4. The summed E-state index contributed by atoms with van der Waals surface area (Å²) >= 11 is 0. The van der Waals surface area contributed by atoms with Gasteiger partial charge in [-0.05, 0) is 68.1 Å². The molecule has 3 nitrogen and oxygen atoms in total. The van der Waals surface area contributed by atoms with Gasteiger partial charge in [-0.15, -0.1) is 0 Å². The highest BCUT2D eigenvalue weighted by Gasteiger charge is 2.84. The van der Waals surface area contributed by atoms with Crippen LogP contribution in [0.5, 0.6) is 0 Å². The van der Waals surface area contributed by atoms with Gasteiger partial charge in [-0.2, -0.15) is 0 Å². The molecule has 0 aromatic heterocycles. The second kappa shape index (κ2) is 5.01. The van der Waals surface area contributed by atoms with E-state index in [0.717, 1.165) is 32.1 Å². The maximum atomic E-state index is 12.9. The van der Waals surface area contributed by atoms with Crippen LogP contribution in [0.15, 0.2) is 12.2 Å². The first kappa shape index (κ1) is 19.5. The Morgan fingerprint density at radius 2 is 1.41 bits per heavy atom. The van der Waals surface area contributed by atoms with Gasteiger partial charge in [0, 0.05) is 16.4 Å². The molecular weight excluding hydrogens is 336 g/mol. The topological polar surface area (TPSA) is 46.5 Å². The molecule has 6 atom stereocenters. The number of aliphatic hydroxyl groups is 1. The zero-order valence-corrected chi connectivity index (χ0v) is 18.4. The molecule has 4 saturated carbocycles. The van der Waals surface area contributed by atoms with Crippen LogP contribution in [0.2, 0.25) is 0 Å². The summed E-state index contributed by atoms with van der Waals surface area (Å²) < 4.78 is 6.44. The van der Waals surface area contributed by atoms with E-state index in [1.807, 2.05) is 0 Å². The molecule has 3 unspecified atom stereocenters. The maximum absolute atomic E-state index is 12.9. The molecule has 1 N–H and O–H groups in total. The van der Waals surface area contributed by atoms with Gasteiger partial charge in [0.2, 0.25) is 0 Å². The lowest BCUT2D eigenvalue weighted by Gasteiger charge is -2.61. The fourth-order valence-corrected chi connectivity index (χ4v) is 8.24. The quantitative estimate of drug-likeness (QED) is 0.541. The zero-order chi connectivity index (χ0) is 20.3. The molecule has 4 fully saturated rings. The average molecular weight is 375 g/mol. The fraction of sp³-hybridized carbons (Fsp3) is 0.875. The number of esters is 1. The van der Waals surface area contributed by atoms with Crippen molar-refractivity contribution in [3.8, 4) is 0 Å². The van der Waals surface area contributed by atoms with Crippen molar-refractivity contribution in [2.75, 3.05) is 0 Å². The summed E-state index contributed by atoms with van der Waals surface area (Å²) in [6, 6.07) is 0. The van der Waals surface area contributed by atoms with Crippen molar-refractivity contribution >= 4 is 5.97 Å². The average Bonchev–Trinajstić information content (AvgIpc) is 3.05. The Kier molecular flexibility index (Phi) is 3.62. The van der Waals surface area contributed by atoms with Gasteiger partial charge in [-0.1, -0.05) is 48.1 Å². The van der Waals surface area contributed by atoms with Crippen molar-refractivity contribution in [2.24, 2.45) is 33.5 Å². The lowest BCUT2D eigenvalue weighted by molar-refractivity contribution is -0.273. The summed E-state index contributed by atoms with van der Waals surface area (Å²) in [4.78, 5) is 12.9. The van der Waals surface area contributed by atoms with E-state index < -0.39 is 11.2 Å². The number of hydrogen-bond donors (Lipinski definition) is 1. The van der Waals surface area contributed by atoms with E-state index in [0.29, 0.717) is 17.4 Å². The molecule has 0 aromatic rings. The molecule has 0 aliphatic heterocycles. The van der Waals surface area contributed by atoms with E-state index in [-0.39, 0.29) is 27.6 Å². The Labute approximate surface area is 164 Å². The van der Waals surface area contributed by atoms with Crippen LogP contribution in [-0.2, 0) is 9.53 Å². The van der Waals surface area contributed by atoms with Crippen LogP contribution in [0.4, 0.5) is 0 Å². The van der Waals surface area contributed by atoms with Crippen molar-refractivity contribution in [1.82, 2.24) is 0 Å². The van der Waals surface area contributed by atoms with Gasteiger partial charge in [0.15, 0.2) is 0 Å². The van der Waals surface area contributed by atoms with Crippen LogP contribution in [-0.4, -0.2) is 22.3 Å². The van der Waals surface area contributed by atoms with Crippen LogP contribution in [0, 0.1) is 33.5 Å². The molecule has 4 aliphatic carbocycles. The van der Waals surface area contributed by atoms with Gasteiger partial charge in [0.05, 0.1) is 0 Å². The highest BCUT2D eigenvalue weighted by molar-refractivity contribution is 5.87. The molecule has 0 amide bonds. The number of rotatable bonds is 3. The van der Waals surface area contributed by atoms with Crippen molar-refractivity contribution in [3.05, 3.63) is 12.2 Å². The molecule has 0 spiro atoms. The summed E-state index contributed by atoms with van der Waals surface area (Å²) in [6.45, 7) is 19.4. The third kappa shape index (κ3) is 1.78. The molecule has 0 heterocycles. The Morgan fingerprint density at radius 1 is 0.926 bits per heavy atom. The highest BCUT2D eigenvalue weighted by Crippen LogP contribution is 2.81. The predicted molar refractivity (Wildman–Crippen MR) is 107 cm³/mol. The third-order valence-corrected chi connectivity index (χ3v) is 11.0. The molecule has 27 heavy (non-hydrogen) atoms. The van der Waals surface area contributed by atoms with Gasteiger partial charge < -0.3 is 9.84 Å². The maximum Gasteiger partial charge on any atom is 0.333 e. The van der Waals surface area contributed by atoms with Crippen molar-refractivity contribution in [1.29, 1.82) is 0 Å². The van der Waals surface area contributed by atoms with Crippen molar-refractivity contribution in [2.45, 2.75) is 98.2 Å². The van der Waals surface area contributed by atoms with Gasteiger partial charge in [0.1, 0.15) is 11.2 Å². The van der Waals surface area contributed by atoms with Crippen molar-refractivity contribution in [3.63, 3.8) is 0 Å². The largest absolute Gasteiger partial charge is 0.452 e. The molecule has 4 bridgehead atoms. The predicted octanol–water partition coefficient (Wildman–Crippen LogP) is 5.27. The van der Waals surface area contributed by atoms with Crippen LogP contribution < -0.4 is 0 Å². The monoisotopic (exact) mass is 374 g/mol.